The van der Waals surface area contributed by atoms with Crippen LogP contribution >= 0.6 is 22.7 Å². The van der Waals surface area contributed by atoms with E-state index in [-0.39, 0.29) is 17.1 Å². The van der Waals surface area contributed by atoms with E-state index in [1.54, 1.807) is 0 Å². The van der Waals surface area contributed by atoms with Crippen LogP contribution in [0.4, 0.5) is 13.2 Å². The van der Waals surface area contributed by atoms with Gasteiger partial charge in [-0.25, -0.2) is 4.98 Å². The number of ether oxygens (including phenoxy) is 1. The molecule has 0 saturated heterocycles. The molecular weight excluding hydrogens is 499 g/mol. The molecule has 2 aliphatic rings. The van der Waals surface area contributed by atoms with Crippen molar-refractivity contribution in [2.24, 2.45) is 5.92 Å². The topological polar surface area (TPSA) is 80.2 Å². The summed E-state index contributed by atoms with van der Waals surface area (Å²) in [6, 6.07) is 0.240. The van der Waals surface area contributed by atoms with Crippen LogP contribution in [0.5, 0.6) is 5.19 Å². The number of halogens is 3. The van der Waals surface area contributed by atoms with Crippen molar-refractivity contribution in [2.45, 2.75) is 83.5 Å². The van der Waals surface area contributed by atoms with Gasteiger partial charge in [0.2, 0.25) is 5.91 Å². The molecule has 1 atom stereocenters. The van der Waals surface area contributed by atoms with E-state index >= 15 is 0 Å². The molecule has 0 radical (unpaired) electrons. The summed E-state index contributed by atoms with van der Waals surface area (Å²) in [7, 11) is 0. The summed E-state index contributed by atoms with van der Waals surface area (Å²) in [5.41, 5.74) is 0.877. The van der Waals surface area contributed by atoms with Gasteiger partial charge in [0.1, 0.15) is 10.0 Å². The molecule has 3 heterocycles. The number of amides is 1. The Bertz CT molecular complexity index is 963. The number of hydrogen-bond donors (Lipinski definition) is 1. The summed E-state index contributed by atoms with van der Waals surface area (Å²) in [5.74, 6) is 0.685. The van der Waals surface area contributed by atoms with Gasteiger partial charge < -0.3 is 15.0 Å². The van der Waals surface area contributed by atoms with Crippen molar-refractivity contribution >= 4 is 28.6 Å². The van der Waals surface area contributed by atoms with Gasteiger partial charge in [-0.1, -0.05) is 11.3 Å². The van der Waals surface area contributed by atoms with Gasteiger partial charge in [-0.3, -0.25) is 4.79 Å². The molecule has 1 fully saturated rings. The van der Waals surface area contributed by atoms with E-state index in [1.807, 2.05) is 6.92 Å². The number of aromatic nitrogens is 3. The number of rotatable bonds is 8. The number of aryl methyl sites for hydroxylation is 1. The molecule has 1 saturated carbocycles. The minimum atomic E-state index is -4.39. The second-order valence-electron chi connectivity index (χ2n) is 9.46. The van der Waals surface area contributed by atoms with Gasteiger partial charge in [0.05, 0.1) is 12.1 Å². The number of carbonyl (C=O) groups excluding carboxylic acids is 1. The predicted octanol–water partition coefficient (Wildman–Crippen LogP) is 4.34. The van der Waals surface area contributed by atoms with E-state index in [0.29, 0.717) is 12.3 Å². The molecule has 7 nitrogen and oxygen atoms in total. The highest BCUT2D eigenvalue weighted by Crippen LogP contribution is 2.32. The number of nitrogens with one attached hydrogen (secondary N) is 1. The van der Waals surface area contributed by atoms with E-state index in [4.69, 9.17) is 4.74 Å². The lowest BCUT2D eigenvalue weighted by Gasteiger charge is -2.30. The van der Waals surface area contributed by atoms with Gasteiger partial charge in [0.25, 0.3) is 5.19 Å². The van der Waals surface area contributed by atoms with Crippen LogP contribution < -0.4 is 10.1 Å². The fourth-order valence-corrected chi connectivity index (χ4v) is 6.39. The molecule has 12 heteroatoms. The maximum atomic E-state index is 12.8. The normalized spacial score (nSPS) is 22.3. The van der Waals surface area contributed by atoms with Crippen molar-refractivity contribution in [1.82, 2.24) is 25.4 Å². The second-order valence-corrected chi connectivity index (χ2v) is 11.8. The maximum Gasteiger partial charge on any atom is 0.425 e. The van der Waals surface area contributed by atoms with Crippen LogP contribution in [0.2, 0.25) is 0 Å². The van der Waals surface area contributed by atoms with Crippen LogP contribution in [0.15, 0.2) is 0 Å². The fraction of sp³-hybridized carbons (Fsp3) is 0.739. The lowest BCUT2D eigenvalue weighted by atomic mass is 9.84. The Kier molecular flexibility index (Phi) is 8.64. The molecule has 0 aromatic carbocycles. The number of hydrogen-bond acceptors (Lipinski definition) is 8. The average molecular weight is 532 g/mol. The molecule has 2 aromatic rings. The molecule has 194 valence electrons. The van der Waals surface area contributed by atoms with Gasteiger partial charge in [-0.05, 0) is 64.8 Å². The molecule has 1 N–H and O–H groups in total. The third-order valence-corrected chi connectivity index (χ3v) is 8.65. The van der Waals surface area contributed by atoms with Crippen molar-refractivity contribution in [3.05, 3.63) is 20.6 Å². The monoisotopic (exact) mass is 531 g/mol. The molecule has 0 unspecified atom stereocenters. The van der Waals surface area contributed by atoms with E-state index in [2.05, 4.69) is 25.4 Å². The summed E-state index contributed by atoms with van der Waals surface area (Å²) < 4.78 is 43.3. The number of fused-ring (bicyclic) bond motifs is 1. The van der Waals surface area contributed by atoms with Crippen molar-refractivity contribution in [1.29, 1.82) is 0 Å². The SMILES string of the molecule is Cc1nnc(CC(=O)N[C@H]2CC[C@H](CCN3CCc4nc(O[C@H](C)C(F)(F)F)sc4CC3)CC2)s1. The van der Waals surface area contributed by atoms with Crippen LogP contribution in [0.3, 0.4) is 0 Å². The Morgan fingerprint density at radius 2 is 1.91 bits per heavy atom. The number of nitrogens with zero attached hydrogens (tertiary/aromatic N) is 4. The second kappa shape index (κ2) is 11.5. The zero-order valence-corrected chi connectivity index (χ0v) is 21.7. The first-order valence-electron chi connectivity index (χ1n) is 12.2. The molecular formula is C23H32F3N5O2S2. The first-order chi connectivity index (χ1) is 16.7. The van der Waals surface area contributed by atoms with Crippen LogP contribution in [-0.4, -0.2) is 63.9 Å². The molecule has 35 heavy (non-hydrogen) atoms. The van der Waals surface area contributed by atoms with Gasteiger partial charge in [0, 0.05) is 30.4 Å². The summed E-state index contributed by atoms with van der Waals surface area (Å²) >= 11 is 2.71. The Morgan fingerprint density at radius 3 is 2.60 bits per heavy atom. The summed E-state index contributed by atoms with van der Waals surface area (Å²) in [4.78, 5) is 20.1. The van der Waals surface area contributed by atoms with E-state index in [1.165, 1.54) is 22.7 Å². The van der Waals surface area contributed by atoms with Gasteiger partial charge >= 0.3 is 6.18 Å². The zero-order valence-electron chi connectivity index (χ0n) is 20.1. The Hall–Kier alpha value is -1.79. The molecule has 1 aliphatic carbocycles. The minimum Gasteiger partial charge on any atom is -0.457 e. The first kappa shape index (κ1) is 26.3. The molecule has 4 rings (SSSR count). The average Bonchev–Trinajstić information content (AvgIpc) is 3.33. The quantitative estimate of drug-likeness (QED) is 0.546. The van der Waals surface area contributed by atoms with Gasteiger partial charge in [0.15, 0.2) is 6.10 Å². The highest BCUT2D eigenvalue weighted by Gasteiger charge is 2.39. The number of thiazole rings is 1. The van der Waals surface area contributed by atoms with Crippen molar-refractivity contribution in [2.75, 3.05) is 19.6 Å². The molecule has 1 amide bonds. The Balaban J connectivity index is 1.14. The van der Waals surface area contributed by atoms with Crippen LogP contribution in [0, 0.1) is 12.8 Å². The molecule has 2 aromatic heterocycles. The summed E-state index contributed by atoms with van der Waals surface area (Å²) in [6.45, 7) is 5.66. The van der Waals surface area contributed by atoms with Crippen LogP contribution in [-0.2, 0) is 24.1 Å². The highest BCUT2D eigenvalue weighted by atomic mass is 32.1. The van der Waals surface area contributed by atoms with Crippen molar-refractivity contribution in [3.8, 4) is 5.19 Å². The summed E-state index contributed by atoms with van der Waals surface area (Å²) in [5, 5.41) is 12.9. The molecule has 0 spiro atoms. The Morgan fingerprint density at radius 1 is 1.17 bits per heavy atom. The fourth-order valence-electron chi connectivity index (χ4n) is 4.66. The van der Waals surface area contributed by atoms with E-state index in [0.717, 1.165) is 92.1 Å². The highest BCUT2D eigenvalue weighted by molar-refractivity contribution is 7.13. The first-order valence-corrected chi connectivity index (χ1v) is 13.8. The lowest BCUT2D eigenvalue weighted by molar-refractivity contribution is -0.189. The molecule has 1 aliphatic heterocycles. The van der Waals surface area contributed by atoms with Gasteiger partial charge in [-0.15, -0.1) is 21.5 Å². The molecule has 0 bridgehead atoms. The van der Waals surface area contributed by atoms with E-state index < -0.39 is 12.3 Å². The largest absolute Gasteiger partial charge is 0.457 e. The smallest absolute Gasteiger partial charge is 0.425 e. The van der Waals surface area contributed by atoms with Crippen molar-refractivity contribution in [3.63, 3.8) is 0 Å². The minimum absolute atomic E-state index is 0.0247. The Labute approximate surface area is 211 Å². The van der Waals surface area contributed by atoms with E-state index in [9.17, 15) is 18.0 Å². The third kappa shape index (κ3) is 7.60. The van der Waals surface area contributed by atoms with Crippen molar-refractivity contribution < 1.29 is 22.7 Å². The lowest BCUT2D eigenvalue weighted by Crippen LogP contribution is -2.39. The maximum absolute atomic E-state index is 12.8. The number of carbonyl (C=O) groups is 1. The van der Waals surface area contributed by atoms with Crippen LogP contribution in [0.1, 0.15) is 59.6 Å². The third-order valence-electron chi connectivity index (χ3n) is 6.76. The predicted molar refractivity (Wildman–Crippen MR) is 129 cm³/mol. The van der Waals surface area contributed by atoms with Crippen LogP contribution in [0.25, 0.3) is 0 Å². The standard InChI is InChI=1S/C23H32F3N5O2S2/c1-14(23(24,25)26)33-22-28-18-8-11-31(12-9-19(18)35-22)10-7-16-3-5-17(6-4-16)27-20(32)13-21-30-29-15(2)34-21/h14,16-17H,3-13H2,1-2H3,(H,27,32)/t14-,16-,17-/m1/s1. The summed E-state index contributed by atoms with van der Waals surface area (Å²) in [6.07, 6.45) is 0.969. The number of alkyl halides is 3. The van der Waals surface area contributed by atoms with Gasteiger partial charge in [-0.2, -0.15) is 13.2 Å². The zero-order chi connectivity index (χ0) is 25.0.